The highest BCUT2D eigenvalue weighted by Gasteiger charge is 2.45. The Labute approximate surface area is 80.5 Å². The maximum absolute atomic E-state index is 9.59. The highest BCUT2D eigenvalue weighted by Crippen LogP contribution is 2.23. The molecule has 7 heteroatoms. The van der Waals surface area contributed by atoms with E-state index in [9.17, 15) is 10.2 Å². The van der Waals surface area contributed by atoms with Gasteiger partial charge >= 0.3 is 0 Å². The number of hydrogen-bond donors (Lipinski definition) is 5. The third-order valence-electron chi connectivity index (χ3n) is 2.30. The monoisotopic (exact) mass is 203 g/mol. The third-order valence-corrected chi connectivity index (χ3v) is 2.30. The van der Waals surface area contributed by atoms with Crippen LogP contribution in [0.2, 0.25) is 0 Å². The van der Waals surface area contributed by atoms with Crippen LogP contribution in [0.1, 0.15) is 0 Å². The molecule has 2 aliphatic rings. The number of nitrogens with one attached hydrogen (secondary N) is 2. The molecular weight excluding hydrogens is 190 g/mol. The van der Waals surface area contributed by atoms with Gasteiger partial charge in [0.15, 0.2) is 6.23 Å². The first-order valence-corrected chi connectivity index (χ1v) is 4.32. The topological polar surface area (TPSA) is 97.2 Å². The maximum Gasteiger partial charge on any atom is 0.174 e. The van der Waals surface area contributed by atoms with Gasteiger partial charge in [-0.1, -0.05) is 0 Å². The van der Waals surface area contributed by atoms with E-state index in [0.29, 0.717) is 0 Å². The lowest BCUT2D eigenvalue weighted by Gasteiger charge is -2.25. The summed E-state index contributed by atoms with van der Waals surface area (Å²) in [4.78, 5) is 0. The predicted octanol–water partition coefficient (Wildman–Crippen LogP) is -2.78. The molecule has 14 heavy (non-hydrogen) atoms. The van der Waals surface area contributed by atoms with Crippen LogP contribution in [-0.4, -0.2) is 51.5 Å². The minimum atomic E-state index is -1.07. The largest absolute Gasteiger partial charge is 0.394 e. The van der Waals surface area contributed by atoms with Crippen molar-refractivity contribution in [3.8, 4) is 0 Å². The van der Waals surface area contributed by atoms with Gasteiger partial charge in [-0.05, 0) is 0 Å². The molecule has 0 aromatic rings. The summed E-state index contributed by atoms with van der Waals surface area (Å²) in [5, 5.41) is 29.4. The Morgan fingerprint density at radius 3 is 2.64 bits per heavy atom. The van der Waals surface area contributed by atoms with Crippen molar-refractivity contribution in [1.82, 2.24) is 16.0 Å². The van der Waals surface area contributed by atoms with Crippen LogP contribution in [0.4, 0.5) is 0 Å². The smallest absolute Gasteiger partial charge is 0.174 e. The van der Waals surface area contributed by atoms with Crippen molar-refractivity contribution < 1.29 is 20.1 Å². The number of hydrazine groups is 2. The minimum absolute atomic E-state index is 0.320. The van der Waals surface area contributed by atoms with Gasteiger partial charge in [0.05, 0.1) is 6.61 Å². The molecule has 1 fully saturated rings. The molecule has 0 amide bonds. The molecule has 1 saturated heterocycles. The second kappa shape index (κ2) is 3.71. The molecule has 0 radical (unpaired) electrons. The SMILES string of the molecule is OC[C@H]1O[C@@H](N2C=CNN2)[C@H](O)[C@@H]1O. The van der Waals surface area contributed by atoms with E-state index in [1.165, 1.54) is 5.01 Å². The van der Waals surface area contributed by atoms with Crippen molar-refractivity contribution in [2.75, 3.05) is 6.61 Å². The molecule has 4 atom stereocenters. The molecule has 2 aliphatic heterocycles. The van der Waals surface area contributed by atoms with Crippen LogP contribution < -0.4 is 11.0 Å². The minimum Gasteiger partial charge on any atom is -0.394 e. The van der Waals surface area contributed by atoms with E-state index >= 15 is 0 Å². The fourth-order valence-corrected chi connectivity index (χ4v) is 1.52. The maximum atomic E-state index is 9.59. The van der Waals surface area contributed by atoms with Crippen molar-refractivity contribution in [1.29, 1.82) is 0 Å². The van der Waals surface area contributed by atoms with E-state index in [1.54, 1.807) is 12.4 Å². The number of hydrogen-bond acceptors (Lipinski definition) is 7. The highest BCUT2D eigenvalue weighted by atomic mass is 16.6. The molecule has 5 N–H and O–H groups in total. The first-order chi connectivity index (χ1) is 6.74. The Hall–Kier alpha value is -0.860. The van der Waals surface area contributed by atoms with Gasteiger partial charge in [0.2, 0.25) is 0 Å². The summed E-state index contributed by atoms with van der Waals surface area (Å²) in [6.07, 6.45) is -0.320. The first-order valence-electron chi connectivity index (χ1n) is 4.32. The average Bonchev–Trinajstić information content (AvgIpc) is 2.78. The van der Waals surface area contributed by atoms with Crippen LogP contribution in [0.25, 0.3) is 0 Å². The molecule has 0 saturated carbocycles. The zero-order valence-corrected chi connectivity index (χ0v) is 7.37. The summed E-state index contributed by atoms with van der Waals surface area (Å²) in [7, 11) is 0. The predicted molar refractivity (Wildman–Crippen MR) is 45.0 cm³/mol. The van der Waals surface area contributed by atoms with Crippen LogP contribution in [0.5, 0.6) is 0 Å². The average molecular weight is 203 g/mol. The lowest BCUT2D eigenvalue weighted by atomic mass is 10.1. The molecule has 2 rings (SSSR count). The molecule has 0 bridgehead atoms. The van der Waals surface area contributed by atoms with Crippen molar-refractivity contribution >= 4 is 0 Å². The summed E-state index contributed by atoms with van der Waals surface area (Å²) >= 11 is 0. The van der Waals surface area contributed by atoms with E-state index in [1.807, 2.05) is 0 Å². The molecule has 0 aliphatic carbocycles. The van der Waals surface area contributed by atoms with E-state index in [0.717, 1.165) is 0 Å². The zero-order valence-electron chi connectivity index (χ0n) is 7.37. The Morgan fingerprint density at radius 1 is 1.36 bits per heavy atom. The van der Waals surface area contributed by atoms with Crippen molar-refractivity contribution in [3.05, 3.63) is 12.4 Å². The molecule has 7 nitrogen and oxygen atoms in total. The third kappa shape index (κ3) is 1.45. The van der Waals surface area contributed by atoms with Crippen LogP contribution in [0.15, 0.2) is 12.4 Å². The van der Waals surface area contributed by atoms with E-state index in [-0.39, 0.29) is 6.61 Å². The summed E-state index contributed by atoms with van der Waals surface area (Å²) in [5.41, 5.74) is 5.37. The van der Waals surface area contributed by atoms with Gasteiger partial charge in [-0.2, -0.15) is 0 Å². The van der Waals surface area contributed by atoms with Crippen LogP contribution in [0.3, 0.4) is 0 Å². The summed E-state index contributed by atoms with van der Waals surface area (Å²) < 4.78 is 5.24. The fourth-order valence-electron chi connectivity index (χ4n) is 1.52. The van der Waals surface area contributed by atoms with Gasteiger partial charge in [0.1, 0.15) is 18.3 Å². The van der Waals surface area contributed by atoms with Gasteiger partial charge < -0.3 is 25.5 Å². The van der Waals surface area contributed by atoms with E-state index < -0.39 is 24.5 Å². The Morgan fingerprint density at radius 2 is 2.14 bits per heavy atom. The van der Waals surface area contributed by atoms with Crippen LogP contribution >= 0.6 is 0 Å². The second-order valence-corrected chi connectivity index (χ2v) is 3.21. The summed E-state index contributed by atoms with van der Waals surface area (Å²) in [5.74, 6) is 0. The lowest BCUT2D eigenvalue weighted by molar-refractivity contribution is -0.0958. The lowest BCUT2D eigenvalue weighted by Crippen LogP contribution is -2.48. The fraction of sp³-hybridized carbons (Fsp3) is 0.714. The second-order valence-electron chi connectivity index (χ2n) is 3.21. The molecule has 0 spiro atoms. The van der Waals surface area contributed by atoms with Crippen LogP contribution in [-0.2, 0) is 4.74 Å². The van der Waals surface area contributed by atoms with Crippen molar-refractivity contribution in [2.24, 2.45) is 0 Å². The molecule has 0 aromatic heterocycles. The molecular formula is C7H13N3O4. The van der Waals surface area contributed by atoms with Gasteiger partial charge in [0, 0.05) is 12.4 Å². The van der Waals surface area contributed by atoms with Crippen molar-refractivity contribution in [2.45, 2.75) is 24.5 Å². The zero-order chi connectivity index (χ0) is 10.1. The summed E-state index contributed by atoms with van der Waals surface area (Å²) in [6.45, 7) is -0.320. The van der Waals surface area contributed by atoms with Crippen LogP contribution in [0, 0.1) is 0 Å². The first kappa shape index (κ1) is 9.69. The standard InChI is InChI=1S/C7H13N3O4/c11-3-4-5(12)6(13)7(14-4)10-2-1-8-9-10/h1-2,4-9,11-13H,3H2/t4-,5-,6-,7-/m1/s1. The normalized spacial score (nSPS) is 41.8. The number of rotatable bonds is 2. The quantitative estimate of drug-likeness (QED) is 0.331. The Balaban J connectivity index is 2.03. The highest BCUT2D eigenvalue weighted by molar-refractivity contribution is 4.94. The van der Waals surface area contributed by atoms with Gasteiger partial charge in [0.25, 0.3) is 0 Å². The van der Waals surface area contributed by atoms with Crippen molar-refractivity contribution in [3.63, 3.8) is 0 Å². The van der Waals surface area contributed by atoms with Gasteiger partial charge in [-0.15, -0.1) is 5.53 Å². The van der Waals surface area contributed by atoms with Gasteiger partial charge in [-0.25, -0.2) is 0 Å². The number of aliphatic hydroxyl groups is 3. The Bertz CT molecular complexity index is 237. The molecule has 80 valence electrons. The number of ether oxygens (including phenoxy) is 1. The number of nitrogens with zero attached hydrogens (tertiary/aromatic N) is 1. The molecule has 2 heterocycles. The van der Waals surface area contributed by atoms with E-state index in [4.69, 9.17) is 9.84 Å². The summed E-state index contributed by atoms with van der Waals surface area (Å²) in [6, 6.07) is 0. The van der Waals surface area contributed by atoms with E-state index in [2.05, 4.69) is 11.0 Å². The Kier molecular flexibility index (Phi) is 2.57. The molecule has 0 unspecified atom stereocenters. The molecule has 0 aromatic carbocycles. The number of aliphatic hydroxyl groups excluding tert-OH is 3. The van der Waals surface area contributed by atoms with Gasteiger partial charge in [-0.3, -0.25) is 5.01 Å².